The molecule has 0 bridgehead atoms. The van der Waals surface area contributed by atoms with Gasteiger partial charge in [-0.1, -0.05) is 11.6 Å². The van der Waals surface area contributed by atoms with Gasteiger partial charge < -0.3 is 15.3 Å². The van der Waals surface area contributed by atoms with E-state index in [9.17, 15) is 4.79 Å². The van der Waals surface area contributed by atoms with Crippen molar-refractivity contribution in [2.75, 3.05) is 24.5 Å². The number of carboxylic acid groups (broad SMARTS) is 1. The number of aliphatic carboxylic acids is 1. The topological polar surface area (TPSA) is 52.6 Å². The number of nitrogens with one attached hydrogen (secondary N) is 1. The van der Waals surface area contributed by atoms with Gasteiger partial charge in [0.25, 0.3) is 0 Å². The molecule has 1 aromatic carbocycles. The molecule has 0 aliphatic carbocycles. The first kappa shape index (κ1) is 12.2. The van der Waals surface area contributed by atoms with Gasteiger partial charge in [0.2, 0.25) is 0 Å². The number of nitrogens with zero attached hydrogens (tertiary/aromatic N) is 1. The third kappa shape index (κ3) is 3.35. The molecule has 1 saturated heterocycles. The highest BCUT2D eigenvalue weighted by atomic mass is 35.5. The smallest absolute Gasteiger partial charge is 0.304 e. The van der Waals surface area contributed by atoms with Gasteiger partial charge in [0.15, 0.2) is 0 Å². The Morgan fingerprint density at radius 2 is 2.18 bits per heavy atom. The van der Waals surface area contributed by atoms with Crippen LogP contribution in [0.1, 0.15) is 6.42 Å². The lowest BCUT2D eigenvalue weighted by atomic mass is 10.1. The molecule has 92 valence electrons. The van der Waals surface area contributed by atoms with E-state index in [0.717, 1.165) is 18.8 Å². The minimum absolute atomic E-state index is 0.0110. The van der Waals surface area contributed by atoms with Crippen LogP contribution in [0.4, 0.5) is 5.69 Å². The summed E-state index contributed by atoms with van der Waals surface area (Å²) in [5.41, 5.74) is 1.09. The first-order valence-corrected chi connectivity index (χ1v) is 5.98. The molecule has 1 aliphatic rings. The van der Waals surface area contributed by atoms with Gasteiger partial charge in [-0.25, -0.2) is 0 Å². The molecule has 1 atom stereocenters. The fraction of sp³-hybridized carbons (Fsp3) is 0.417. The summed E-state index contributed by atoms with van der Waals surface area (Å²) in [4.78, 5) is 12.9. The number of rotatable bonds is 3. The molecule has 1 aromatic rings. The van der Waals surface area contributed by atoms with Gasteiger partial charge in [0, 0.05) is 36.4 Å². The fourth-order valence-corrected chi connectivity index (χ4v) is 2.19. The summed E-state index contributed by atoms with van der Waals surface area (Å²) in [6.45, 7) is 2.41. The second-order valence-electron chi connectivity index (χ2n) is 4.17. The maximum Gasteiger partial charge on any atom is 0.304 e. The number of benzene rings is 1. The van der Waals surface area contributed by atoms with Crippen LogP contribution in [0.2, 0.25) is 5.02 Å². The lowest BCUT2D eigenvalue weighted by Crippen LogP contribution is -2.51. The van der Waals surface area contributed by atoms with Crippen LogP contribution in [0.25, 0.3) is 0 Å². The molecular formula is C12H15ClN2O2. The van der Waals surface area contributed by atoms with Crippen molar-refractivity contribution in [3.8, 4) is 0 Å². The van der Waals surface area contributed by atoms with Crippen LogP contribution in [0.5, 0.6) is 0 Å². The lowest BCUT2D eigenvalue weighted by Gasteiger charge is -2.34. The molecule has 1 unspecified atom stereocenters. The quantitative estimate of drug-likeness (QED) is 0.860. The Balaban J connectivity index is 2.01. The van der Waals surface area contributed by atoms with Gasteiger partial charge in [-0.15, -0.1) is 0 Å². The summed E-state index contributed by atoms with van der Waals surface area (Å²) < 4.78 is 0. The number of hydrogen-bond donors (Lipinski definition) is 2. The van der Waals surface area contributed by atoms with E-state index in [1.807, 2.05) is 24.3 Å². The summed E-state index contributed by atoms with van der Waals surface area (Å²) >= 11 is 5.84. The largest absolute Gasteiger partial charge is 0.481 e. The molecular weight excluding hydrogens is 240 g/mol. The monoisotopic (exact) mass is 254 g/mol. The molecule has 0 saturated carbocycles. The Hall–Kier alpha value is -1.26. The summed E-state index contributed by atoms with van der Waals surface area (Å²) in [6, 6.07) is 7.64. The van der Waals surface area contributed by atoms with Crippen LogP contribution >= 0.6 is 11.6 Å². The van der Waals surface area contributed by atoms with E-state index in [4.69, 9.17) is 16.7 Å². The number of carbonyl (C=O) groups is 1. The van der Waals surface area contributed by atoms with E-state index in [0.29, 0.717) is 11.6 Å². The summed E-state index contributed by atoms with van der Waals surface area (Å²) in [6.07, 6.45) is 0.157. The van der Waals surface area contributed by atoms with E-state index in [1.165, 1.54) is 0 Å². The predicted molar refractivity (Wildman–Crippen MR) is 67.7 cm³/mol. The highest BCUT2D eigenvalue weighted by molar-refractivity contribution is 6.30. The van der Waals surface area contributed by atoms with Crippen LogP contribution in [0.15, 0.2) is 24.3 Å². The van der Waals surface area contributed by atoms with Crippen LogP contribution in [-0.4, -0.2) is 36.8 Å². The van der Waals surface area contributed by atoms with Crippen LogP contribution in [-0.2, 0) is 4.79 Å². The van der Waals surface area contributed by atoms with E-state index in [2.05, 4.69) is 10.2 Å². The maximum absolute atomic E-state index is 10.7. The molecule has 0 aromatic heterocycles. The van der Waals surface area contributed by atoms with Crippen molar-refractivity contribution in [2.24, 2.45) is 0 Å². The van der Waals surface area contributed by atoms with Crippen molar-refractivity contribution in [3.63, 3.8) is 0 Å². The van der Waals surface area contributed by atoms with E-state index in [1.54, 1.807) is 0 Å². The fourth-order valence-electron chi connectivity index (χ4n) is 2.06. The molecule has 5 heteroatoms. The van der Waals surface area contributed by atoms with Crippen molar-refractivity contribution < 1.29 is 9.90 Å². The van der Waals surface area contributed by atoms with Gasteiger partial charge in [-0.2, -0.15) is 0 Å². The average molecular weight is 255 g/mol. The van der Waals surface area contributed by atoms with Crippen molar-refractivity contribution in [1.82, 2.24) is 5.32 Å². The molecule has 0 radical (unpaired) electrons. The van der Waals surface area contributed by atoms with E-state index < -0.39 is 5.97 Å². The van der Waals surface area contributed by atoms with Gasteiger partial charge in [0.1, 0.15) is 0 Å². The summed E-state index contributed by atoms with van der Waals surface area (Å²) in [5.74, 6) is -0.763. The van der Waals surface area contributed by atoms with Crippen molar-refractivity contribution >= 4 is 23.3 Å². The predicted octanol–water partition coefficient (Wildman–Crippen LogP) is 1.59. The highest BCUT2D eigenvalue weighted by Crippen LogP contribution is 2.19. The minimum atomic E-state index is -0.763. The normalized spacial score (nSPS) is 20.3. The number of halogens is 1. The number of anilines is 1. The molecule has 4 nitrogen and oxygen atoms in total. The molecule has 17 heavy (non-hydrogen) atoms. The Kier molecular flexibility index (Phi) is 3.86. The Bertz CT molecular complexity index is 394. The van der Waals surface area contributed by atoms with Gasteiger partial charge in [-0.05, 0) is 24.3 Å². The van der Waals surface area contributed by atoms with Gasteiger partial charge in [-0.3, -0.25) is 4.79 Å². The van der Waals surface area contributed by atoms with Crippen LogP contribution in [0, 0.1) is 0 Å². The van der Waals surface area contributed by atoms with Crippen molar-refractivity contribution in [1.29, 1.82) is 0 Å². The SMILES string of the molecule is O=C(O)CC1CN(c2ccc(Cl)cc2)CCN1. The van der Waals surface area contributed by atoms with E-state index >= 15 is 0 Å². The van der Waals surface area contributed by atoms with Crippen molar-refractivity contribution in [2.45, 2.75) is 12.5 Å². The molecule has 2 rings (SSSR count). The van der Waals surface area contributed by atoms with Crippen molar-refractivity contribution in [3.05, 3.63) is 29.3 Å². The van der Waals surface area contributed by atoms with Crippen LogP contribution in [0.3, 0.4) is 0 Å². The van der Waals surface area contributed by atoms with Crippen LogP contribution < -0.4 is 10.2 Å². The zero-order valence-corrected chi connectivity index (χ0v) is 10.2. The minimum Gasteiger partial charge on any atom is -0.481 e. The molecule has 0 spiro atoms. The number of piperazine rings is 1. The lowest BCUT2D eigenvalue weighted by molar-refractivity contribution is -0.137. The Labute approximate surface area is 105 Å². The third-order valence-corrected chi connectivity index (χ3v) is 3.12. The summed E-state index contributed by atoms with van der Waals surface area (Å²) in [5, 5.41) is 12.7. The first-order chi connectivity index (χ1) is 8.15. The van der Waals surface area contributed by atoms with E-state index in [-0.39, 0.29) is 12.5 Å². The Morgan fingerprint density at radius 1 is 1.47 bits per heavy atom. The molecule has 1 aliphatic heterocycles. The zero-order valence-electron chi connectivity index (χ0n) is 9.40. The molecule has 1 heterocycles. The maximum atomic E-state index is 10.7. The van der Waals surface area contributed by atoms with Gasteiger partial charge in [0.05, 0.1) is 6.42 Å². The molecule has 1 fully saturated rings. The third-order valence-electron chi connectivity index (χ3n) is 2.87. The number of carboxylic acids is 1. The zero-order chi connectivity index (χ0) is 12.3. The summed E-state index contributed by atoms with van der Waals surface area (Å²) in [7, 11) is 0. The molecule has 2 N–H and O–H groups in total. The Morgan fingerprint density at radius 3 is 2.82 bits per heavy atom. The number of hydrogen-bond acceptors (Lipinski definition) is 3. The average Bonchev–Trinajstić information content (AvgIpc) is 2.29. The van der Waals surface area contributed by atoms with Gasteiger partial charge >= 0.3 is 5.97 Å². The second kappa shape index (κ2) is 5.38. The highest BCUT2D eigenvalue weighted by Gasteiger charge is 2.21. The standard InChI is InChI=1S/C12H15ClN2O2/c13-9-1-3-11(4-2-9)15-6-5-14-10(8-15)7-12(16)17/h1-4,10,14H,5-8H2,(H,16,17). The second-order valence-corrected chi connectivity index (χ2v) is 4.61. The first-order valence-electron chi connectivity index (χ1n) is 5.61. The molecule has 0 amide bonds.